The predicted molar refractivity (Wildman–Crippen MR) is 235 cm³/mol. The van der Waals surface area contributed by atoms with Gasteiger partial charge in [-0.2, -0.15) is 18.0 Å². The molecule has 16 nitrogen and oxygen atoms in total. The number of pyridine rings is 1. The maximum absolute atomic E-state index is 15.2. The summed E-state index contributed by atoms with van der Waals surface area (Å²) in [6.07, 6.45) is 5.00. The van der Waals surface area contributed by atoms with Crippen molar-refractivity contribution in [3.05, 3.63) is 107 Å². The summed E-state index contributed by atoms with van der Waals surface area (Å²) in [7, 11) is -4.23. The number of alkyl halides is 1. The van der Waals surface area contributed by atoms with Gasteiger partial charge in [0.2, 0.25) is 11.8 Å². The average molecular weight is 893 g/mol. The molecule has 5 aromatic rings. The van der Waals surface area contributed by atoms with Gasteiger partial charge in [0.15, 0.2) is 11.6 Å². The molecule has 1 unspecified atom stereocenters. The van der Waals surface area contributed by atoms with E-state index in [1.54, 1.807) is 6.07 Å². The van der Waals surface area contributed by atoms with E-state index in [1.807, 2.05) is 42.6 Å². The van der Waals surface area contributed by atoms with Gasteiger partial charge in [-0.3, -0.25) is 38.9 Å². The Balaban J connectivity index is 0.795. The Kier molecular flexibility index (Phi) is 12.0. The minimum absolute atomic E-state index is 0.0209. The Labute approximate surface area is 368 Å². The number of nitriles is 1. The molecule has 0 bridgehead atoms. The van der Waals surface area contributed by atoms with Gasteiger partial charge >= 0.3 is 10.2 Å². The van der Waals surface area contributed by atoms with Crippen molar-refractivity contribution in [3.63, 3.8) is 0 Å². The normalized spacial score (nSPS) is 20.3. The molecule has 2 atom stereocenters. The fraction of sp³-hybridized carbons (Fsp3) is 0.378. The van der Waals surface area contributed by atoms with Crippen LogP contribution in [0.1, 0.15) is 49.3 Å². The molecule has 64 heavy (non-hydrogen) atoms. The van der Waals surface area contributed by atoms with Crippen LogP contribution in [-0.2, 0) is 19.8 Å². The van der Waals surface area contributed by atoms with Gasteiger partial charge in [-0.1, -0.05) is 0 Å². The molecular weight excluding hydrogens is 847 g/mol. The van der Waals surface area contributed by atoms with E-state index < -0.39 is 39.1 Å². The van der Waals surface area contributed by atoms with E-state index >= 15 is 4.39 Å². The van der Waals surface area contributed by atoms with Crippen LogP contribution < -0.4 is 30.1 Å². The lowest BCUT2D eigenvalue weighted by atomic mass is 9.94. The van der Waals surface area contributed by atoms with Crippen LogP contribution in [0.3, 0.4) is 0 Å². The smallest absolute Gasteiger partial charge is 0.301 e. The third-order valence-electron chi connectivity index (χ3n) is 12.6. The Morgan fingerprint density at radius 1 is 0.844 bits per heavy atom. The zero-order valence-electron chi connectivity index (χ0n) is 34.8. The molecule has 4 fully saturated rings. The average Bonchev–Trinajstić information content (AvgIpc) is 3.76. The molecular formula is C45H46F2N10O6S. The van der Waals surface area contributed by atoms with Crippen LogP contribution in [-0.4, -0.2) is 109 Å². The molecule has 4 aliphatic heterocycles. The highest BCUT2D eigenvalue weighted by Crippen LogP contribution is 2.35. The largest absolute Gasteiger partial charge is 0.453 e. The summed E-state index contributed by atoms with van der Waals surface area (Å²) in [5.41, 5.74) is 2.68. The van der Waals surface area contributed by atoms with Gasteiger partial charge in [-0.15, -0.1) is 0 Å². The topological polar surface area (TPSA) is 186 Å². The number of aromatic nitrogens is 3. The number of piperidine rings is 2. The number of halogens is 2. The Morgan fingerprint density at radius 2 is 1.58 bits per heavy atom. The molecule has 19 heteroatoms. The second kappa shape index (κ2) is 17.9. The van der Waals surface area contributed by atoms with Crippen molar-refractivity contribution in [1.82, 2.24) is 29.1 Å². The summed E-state index contributed by atoms with van der Waals surface area (Å²) < 4.78 is 65.1. The molecule has 9 rings (SSSR count). The third kappa shape index (κ3) is 8.98. The Bertz CT molecular complexity index is 2790. The number of ether oxygens (including phenoxy) is 1. The number of hydrogen-bond donors (Lipinski definition) is 2. The van der Waals surface area contributed by atoms with Crippen molar-refractivity contribution >= 4 is 50.0 Å². The van der Waals surface area contributed by atoms with Gasteiger partial charge in [-0.25, -0.2) is 13.8 Å². The number of rotatable bonds is 11. The van der Waals surface area contributed by atoms with Gasteiger partial charge in [0, 0.05) is 71.0 Å². The summed E-state index contributed by atoms with van der Waals surface area (Å²) in [6.45, 7) is 6.16. The first kappa shape index (κ1) is 42.8. The van der Waals surface area contributed by atoms with Crippen molar-refractivity contribution < 1.29 is 31.5 Å². The first-order chi connectivity index (χ1) is 30.9. The van der Waals surface area contributed by atoms with E-state index in [9.17, 15) is 32.5 Å². The summed E-state index contributed by atoms with van der Waals surface area (Å²) in [4.78, 5) is 53.9. The molecule has 0 aliphatic carbocycles. The molecule has 3 aromatic carbocycles. The molecule has 6 heterocycles. The zero-order chi connectivity index (χ0) is 44.5. The van der Waals surface area contributed by atoms with Crippen molar-refractivity contribution in [2.45, 2.75) is 44.2 Å². The maximum atomic E-state index is 15.2. The van der Waals surface area contributed by atoms with Crippen LogP contribution in [0, 0.1) is 23.1 Å². The van der Waals surface area contributed by atoms with E-state index in [4.69, 9.17) is 4.74 Å². The highest BCUT2D eigenvalue weighted by molar-refractivity contribution is 7.90. The number of nitrogens with one attached hydrogen (secondary N) is 2. The summed E-state index contributed by atoms with van der Waals surface area (Å²) in [5, 5.41) is 12.5. The Morgan fingerprint density at radius 3 is 2.27 bits per heavy atom. The molecule has 0 saturated carbocycles. The highest BCUT2D eigenvalue weighted by Gasteiger charge is 2.33. The fourth-order valence-electron chi connectivity index (χ4n) is 8.95. The lowest BCUT2D eigenvalue weighted by Crippen LogP contribution is -2.49. The van der Waals surface area contributed by atoms with Crippen LogP contribution in [0.5, 0.6) is 11.5 Å². The van der Waals surface area contributed by atoms with Crippen molar-refractivity contribution in [2.75, 3.05) is 73.4 Å². The molecule has 0 spiro atoms. The van der Waals surface area contributed by atoms with Gasteiger partial charge in [0.05, 0.1) is 45.8 Å². The molecule has 4 saturated heterocycles. The molecule has 4 aliphatic rings. The molecule has 2 amide bonds. The van der Waals surface area contributed by atoms with E-state index in [0.29, 0.717) is 35.7 Å². The SMILES string of the molecule is N#Cc1c(NS(=O)(=O)N2CC[C@@H](F)C2)ccc(F)c1Oc1ccc2ncn(-c3ccc(N4CCN(CC5CCN(c6ccc(C7CCC(=O)NC7=O)nc6)CC5)CC4)cc3)c(=O)c2c1. The number of nitrogens with zero attached hydrogens (tertiary/aromatic N) is 8. The number of hydrogen-bond acceptors (Lipinski definition) is 12. The van der Waals surface area contributed by atoms with Crippen LogP contribution in [0.25, 0.3) is 16.6 Å². The van der Waals surface area contributed by atoms with Gasteiger partial charge in [0.1, 0.15) is 29.9 Å². The highest BCUT2D eigenvalue weighted by atomic mass is 32.2. The lowest BCUT2D eigenvalue weighted by Gasteiger charge is -2.40. The molecule has 2 aromatic heterocycles. The first-order valence-corrected chi connectivity index (χ1v) is 22.8. The standard InChI is InChI=1S/C45H46F2N10O6S/c46-30-15-18-56(27-30)64(61,62)52-41-11-8-38(47)43(37(41)24-48)63-34-6-10-40-36(23-34)45(60)57(28-50-40)32-3-1-31(2-4-32)55-21-19-53(20-22-55)26-29-13-16-54(17-14-29)33-5-9-39(49-25-33)35-7-12-42(58)51-44(35)59/h1-6,8-11,23,25,28-30,35,52H,7,12-22,26-27H2,(H,51,58,59)/t30-,35?/m1/s1. The Hall–Kier alpha value is -6.49. The van der Waals surface area contributed by atoms with E-state index in [0.717, 1.165) is 86.5 Å². The summed E-state index contributed by atoms with van der Waals surface area (Å²) in [5.74, 6) is -1.75. The third-order valence-corrected chi connectivity index (χ3v) is 14.1. The van der Waals surface area contributed by atoms with Crippen molar-refractivity contribution in [2.24, 2.45) is 5.92 Å². The number of imide groups is 1. The zero-order valence-corrected chi connectivity index (χ0v) is 35.6. The van der Waals surface area contributed by atoms with Gasteiger partial charge in [0.25, 0.3) is 5.56 Å². The number of carbonyl (C=O) groups is 2. The van der Waals surface area contributed by atoms with Crippen molar-refractivity contribution in [3.8, 4) is 23.3 Å². The molecule has 332 valence electrons. The van der Waals surface area contributed by atoms with Gasteiger partial charge < -0.3 is 14.5 Å². The predicted octanol–water partition coefficient (Wildman–Crippen LogP) is 4.84. The second-order valence-electron chi connectivity index (χ2n) is 16.6. The second-order valence-corrected chi connectivity index (χ2v) is 18.3. The summed E-state index contributed by atoms with van der Waals surface area (Å²) in [6, 6.07) is 19.9. The number of fused-ring (bicyclic) bond motifs is 1. The number of carbonyl (C=O) groups excluding carboxylic acids is 2. The van der Waals surface area contributed by atoms with Crippen LogP contribution >= 0.6 is 0 Å². The first-order valence-electron chi connectivity index (χ1n) is 21.4. The number of piperazine rings is 1. The fourth-order valence-corrected chi connectivity index (χ4v) is 10.2. The minimum Gasteiger partial charge on any atom is -0.453 e. The molecule has 2 N–H and O–H groups in total. The summed E-state index contributed by atoms with van der Waals surface area (Å²) >= 11 is 0. The van der Waals surface area contributed by atoms with E-state index in [2.05, 4.69) is 34.7 Å². The lowest BCUT2D eigenvalue weighted by molar-refractivity contribution is -0.134. The van der Waals surface area contributed by atoms with Crippen LogP contribution in [0.4, 0.5) is 25.8 Å². The maximum Gasteiger partial charge on any atom is 0.301 e. The van der Waals surface area contributed by atoms with E-state index in [-0.39, 0.29) is 54.1 Å². The van der Waals surface area contributed by atoms with Gasteiger partial charge in [-0.05, 0) is 98.3 Å². The molecule has 0 radical (unpaired) electrons. The monoisotopic (exact) mass is 892 g/mol. The van der Waals surface area contributed by atoms with Crippen LogP contribution in [0.2, 0.25) is 0 Å². The van der Waals surface area contributed by atoms with Crippen molar-refractivity contribution in [1.29, 1.82) is 5.26 Å². The number of amides is 2. The number of benzene rings is 3. The quantitative estimate of drug-likeness (QED) is 0.172. The van der Waals surface area contributed by atoms with E-state index in [1.165, 1.54) is 29.1 Å². The van der Waals surface area contributed by atoms with Crippen LogP contribution in [0.15, 0.2) is 84.0 Å². The number of anilines is 3. The minimum atomic E-state index is -4.23.